The van der Waals surface area contributed by atoms with Crippen molar-refractivity contribution in [2.24, 2.45) is 0 Å². The number of hydrogen-bond donors (Lipinski definition) is 5. The molecule has 17 nitrogen and oxygen atoms in total. The average molecular weight is 1100 g/mol. The van der Waals surface area contributed by atoms with Gasteiger partial charge in [-0.25, -0.2) is 4.39 Å². The monoisotopic (exact) mass is 1100 g/mol. The maximum atomic E-state index is 16.3. The third kappa shape index (κ3) is 10.6. The number of piperidine rings is 1. The number of ether oxygens (including phenoxy) is 4. The maximum Gasteiger partial charge on any atom is 0.264 e. The third-order valence-electron chi connectivity index (χ3n) is 15.3. The Balaban J connectivity index is 0.641. The minimum atomic E-state index is -1.37. The Labute approximate surface area is 459 Å². The van der Waals surface area contributed by atoms with Crippen LogP contribution in [0.5, 0.6) is 5.75 Å². The zero-order chi connectivity index (χ0) is 54.6. The Morgan fingerprint density at radius 3 is 2.19 bits per heavy atom. The molecule has 4 aliphatic heterocycles. The first-order valence-corrected chi connectivity index (χ1v) is 26.9. The molecule has 1 unspecified atom stereocenters. The molecule has 5 aliphatic rings. The van der Waals surface area contributed by atoms with Crippen LogP contribution in [-0.2, 0) is 45.2 Å². The fraction of sp³-hybridized carbons (Fsp3) is 0.362. The van der Waals surface area contributed by atoms with Gasteiger partial charge in [0.2, 0.25) is 23.6 Å². The van der Waals surface area contributed by atoms with Crippen molar-refractivity contribution in [1.82, 2.24) is 15.5 Å². The Morgan fingerprint density at radius 2 is 1.46 bits per heavy atom. The highest BCUT2D eigenvalue weighted by Gasteiger charge is 2.72. The Morgan fingerprint density at radius 1 is 0.756 bits per heavy atom. The van der Waals surface area contributed by atoms with E-state index in [2.05, 4.69) is 26.6 Å². The number of ketones is 1. The van der Waals surface area contributed by atoms with Crippen LogP contribution in [-0.4, -0.2) is 117 Å². The van der Waals surface area contributed by atoms with Gasteiger partial charge < -0.3 is 34.9 Å². The summed E-state index contributed by atoms with van der Waals surface area (Å²) in [6.45, 7) is 2.61. The van der Waals surface area contributed by atoms with Crippen LogP contribution in [0.1, 0.15) is 98.6 Å². The second kappa shape index (κ2) is 23.5. The van der Waals surface area contributed by atoms with E-state index >= 15 is 4.39 Å². The molecular weight excluding hydrogens is 1050 g/mol. The molecule has 4 heterocycles. The summed E-state index contributed by atoms with van der Waals surface area (Å²) in [6.07, 6.45) is 4.02. The number of amides is 6. The van der Waals surface area contributed by atoms with Crippen molar-refractivity contribution in [3.63, 3.8) is 0 Å². The predicted octanol–water partition coefficient (Wildman–Crippen LogP) is 7.79. The van der Waals surface area contributed by atoms with Crippen molar-refractivity contribution in [3.05, 3.63) is 152 Å². The predicted molar refractivity (Wildman–Crippen MR) is 288 cm³/mol. The quantitative estimate of drug-likeness (QED) is 0.0270. The molecule has 2 saturated heterocycles. The number of nitrogens with one attached hydrogen (secondary N) is 5. The zero-order valence-electron chi connectivity index (χ0n) is 42.4. The number of halogens is 3. The van der Waals surface area contributed by atoms with Crippen LogP contribution in [0.3, 0.4) is 0 Å². The molecule has 406 valence electrons. The lowest BCUT2D eigenvalue weighted by atomic mass is 9.55. The minimum Gasteiger partial charge on any atom is -0.491 e. The van der Waals surface area contributed by atoms with Crippen LogP contribution in [0, 0.1) is 5.82 Å². The molecule has 20 heteroatoms. The van der Waals surface area contributed by atoms with E-state index in [1.54, 1.807) is 72.8 Å². The second-order valence-corrected chi connectivity index (χ2v) is 20.8. The van der Waals surface area contributed by atoms with Crippen LogP contribution in [0.15, 0.2) is 103 Å². The molecule has 1 saturated carbocycles. The highest BCUT2D eigenvalue weighted by molar-refractivity contribution is 6.31. The van der Waals surface area contributed by atoms with E-state index in [0.29, 0.717) is 105 Å². The lowest BCUT2D eigenvalue weighted by molar-refractivity contribution is -0.136. The smallest absolute Gasteiger partial charge is 0.264 e. The number of benzene rings is 5. The number of rotatable bonds is 21. The van der Waals surface area contributed by atoms with E-state index in [4.69, 9.17) is 42.1 Å². The van der Waals surface area contributed by atoms with Crippen molar-refractivity contribution in [3.8, 4) is 5.75 Å². The molecule has 1 aliphatic carbocycles. The summed E-state index contributed by atoms with van der Waals surface area (Å²) in [7, 11) is 0. The Bertz CT molecular complexity index is 3160. The first-order chi connectivity index (χ1) is 37.8. The molecule has 2 spiro atoms. The van der Waals surface area contributed by atoms with Gasteiger partial charge in [0.05, 0.1) is 61.8 Å². The average Bonchev–Trinajstić information content (AvgIpc) is 2.87. The molecule has 3 fully saturated rings. The summed E-state index contributed by atoms with van der Waals surface area (Å²) in [5.74, 6) is -4.23. The van der Waals surface area contributed by atoms with Crippen molar-refractivity contribution in [2.75, 3.05) is 68.7 Å². The normalized spacial score (nSPS) is 21.1. The van der Waals surface area contributed by atoms with Crippen molar-refractivity contribution in [1.29, 1.82) is 0 Å². The number of anilines is 3. The van der Waals surface area contributed by atoms with Gasteiger partial charge in [0, 0.05) is 58.5 Å². The summed E-state index contributed by atoms with van der Waals surface area (Å²) in [4.78, 5) is 93.9. The molecule has 78 heavy (non-hydrogen) atoms. The van der Waals surface area contributed by atoms with Crippen LogP contribution < -0.4 is 31.3 Å². The number of hydrogen-bond acceptors (Lipinski definition) is 13. The molecular formula is C58H57Cl2FN6O11. The van der Waals surface area contributed by atoms with E-state index in [1.807, 2.05) is 18.2 Å². The minimum absolute atomic E-state index is 0.0436. The zero-order valence-corrected chi connectivity index (χ0v) is 43.9. The van der Waals surface area contributed by atoms with Gasteiger partial charge in [0.15, 0.2) is 5.78 Å². The molecule has 5 aromatic rings. The SMILES string of the molecule is O=C1CCC(N2C(=O)c3cccc(NCCOCCOCCOCCOc4ccc(CC(=O)c5ccc(NC(=O)[C@@H]6NC7(CCCCC7)[C@@]7(C(=O)Nc8cc(Cl)ccc87)[C@H]6c6cccc(Cl)c6F)cc5)cc4)c3C2=O)C(=O)N1. The summed E-state index contributed by atoms with van der Waals surface area (Å²) in [5, 5.41) is 15.3. The van der Waals surface area contributed by atoms with E-state index < -0.39 is 64.3 Å². The Kier molecular flexibility index (Phi) is 16.4. The van der Waals surface area contributed by atoms with Crippen molar-refractivity contribution < 1.29 is 56.9 Å². The first kappa shape index (κ1) is 54.3. The van der Waals surface area contributed by atoms with Crippen LogP contribution in [0.4, 0.5) is 21.5 Å². The van der Waals surface area contributed by atoms with Gasteiger partial charge in [-0.2, -0.15) is 0 Å². The molecule has 0 bridgehead atoms. The van der Waals surface area contributed by atoms with Gasteiger partial charge in [-0.05, 0) is 103 Å². The second-order valence-electron chi connectivity index (χ2n) is 19.9. The molecule has 6 amide bonds. The molecule has 0 aromatic heterocycles. The Hall–Kier alpha value is -7.06. The number of carbonyl (C=O) groups is 7. The molecule has 10 rings (SSSR count). The lowest BCUT2D eigenvalue weighted by Gasteiger charge is -2.47. The summed E-state index contributed by atoms with van der Waals surface area (Å²) >= 11 is 12.8. The van der Waals surface area contributed by atoms with Crippen molar-refractivity contribution >= 4 is 81.5 Å². The maximum absolute atomic E-state index is 16.3. The van der Waals surface area contributed by atoms with E-state index in [0.717, 1.165) is 29.7 Å². The van der Waals surface area contributed by atoms with Crippen LogP contribution in [0.25, 0.3) is 0 Å². The summed E-state index contributed by atoms with van der Waals surface area (Å²) in [5.41, 5.74) is 1.58. The van der Waals surface area contributed by atoms with Gasteiger partial charge in [-0.15, -0.1) is 0 Å². The van der Waals surface area contributed by atoms with Gasteiger partial charge in [0.25, 0.3) is 11.8 Å². The van der Waals surface area contributed by atoms with Crippen LogP contribution in [0.2, 0.25) is 10.0 Å². The number of Topliss-reactive ketones (excluding diaryl/α,β-unsaturated/α-hetero) is 1. The molecule has 5 N–H and O–H groups in total. The van der Waals surface area contributed by atoms with Gasteiger partial charge in [-0.1, -0.05) is 78.9 Å². The fourth-order valence-corrected chi connectivity index (χ4v) is 12.2. The van der Waals surface area contributed by atoms with Gasteiger partial charge in [-0.3, -0.25) is 49.1 Å². The largest absolute Gasteiger partial charge is 0.491 e. The van der Waals surface area contributed by atoms with Gasteiger partial charge in [0.1, 0.15) is 29.6 Å². The lowest BCUT2D eigenvalue weighted by Crippen LogP contribution is -2.60. The van der Waals surface area contributed by atoms with Crippen LogP contribution >= 0.6 is 23.2 Å². The highest BCUT2D eigenvalue weighted by atomic mass is 35.5. The van der Waals surface area contributed by atoms with E-state index in [9.17, 15) is 33.6 Å². The summed E-state index contributed by atoms with van der Waals surface area (Å²) < 4.78 is 39.0. The number of imide groups is 2. The first-order valence-electron chi connectivity index (χ1n) is 26.1. The number of nitrogens with zero attached hydrogens (tertiary/aromatic N) is 1. The topological polar surface area (TPSA) is 220 Å². The number of fused-ring (bicyclic) bond motifs is 4. The highest BCUT2D eigenvalue weighted by Crippen LogP contribution is 2.63. The molecule has 0 radical (unpaired) electrons. The third-order valence-corrected chi connectivity index (χ3v) is 15.9. The number of carbonyl (C=O) groups excluding carboxylic acids is 7. The fourth-order valence-electron chi connectivity index (χ4n) is 11.8. The van der Waals surface area contributed by atoms with E-state index in [-0.39, 0.29) is 52.7 Å². The standard InChI is InChI=1S/C58H57Cl2FN6O11/c59-36-14-19-41-44(33-36)64-56(74)58(41)49(40-7-4-8-42(60)50(40)61)51(66-57(58)22-2-1-3-23-57)53(71)63-37-15-12-35(13-16-37)46(68)32-34-10-17-38(18-11-34)78-31-30-77-29-28-76-27-26-75-25-24-62-43-9-5-6-39-48(43)55(73)67(54(39)72)45-20-21-47(69)65-52(45)70/h4-19,33,45,49,51,62,66H,1-3,20-32H2,(H,63,71)(H,64,74)(H,65,69,70)/t45?,49-,51+,58+/m0/s1. The molecule has 4 atom stereocenters. The van der Waals surface area contributed by atoms with Gasteiger partial charge >= 0.3 is 0 Å². The molecule has 5 aromatic carbocycles. The van der Waals surface area contributed by atoms with E-state index in [1.165, 1.54) is 12.1 Å². The van der Waals surface area contributed by atoms with Crippen molar-refractivity contribution in [2.45, 2.75) is 80.3 Å². The summed E-state index contributed by atoms with van der Waals surface area (Å²) in [6, 6.07) is 26.5.